The number of carbonyl (C=O) groups excluding carboxylic acids is 1. The minimum atomic E-state index is -0.372. The Hall–Kier alpha value is -3.20. The van der Waals surface area contributed by atoms with E-state index >= 15 is 0 Å². The number of benzene rings is 1. The van der Waals surface area contributed by atoms with E-state index in [2.05, 4.69) is 10.1 Å². The first-order chi connectivity index (χ1) is 13.9. The first kappa shape index (κ1) is 17.9. The zero-order valence-electron chi connectivity index (χ0n) is 16.3. The molecule has 1 amide bonds. The average Bonchev–Trinajstić information content (AvgIpc) is 3.17. The molecule has 0 N–H and O–H groups in total. The lowest BCUT2D eigenvalue weighted by Gasteiger charge is -2.29. The summed E-state index contributed by atoms with van der Waals surface area (Å²) in [6, 6.07) is 5.73. The Kier molecular flexibility index (Phi) is 3.95. The quantitative estimate of drug-likeness (QED) is 0.508. The van der Waals surface area contributed by atoms with Crippen LogP contribution in [0.4, 0.5) is 5.69 Å². The topological polar surface area (TPSA) is 81.7 Å². The Morgan fingerprint density at radius 3 is 2.93 bits per heavy atom. The number of aryl methyl sites for hydroxylation is 3. The van der Waals surface area contributed by atoms with Gasteiger partial charge in [0, 0.05) is 4.88 Å². The summed E-state index contributed by atoms with van der Waals surface area (Å²) >= 11 is 1.57. The Bertz CT molecular complexity index is 1350. The fourth-order valence-electron chi connectivity index (χ4n) is 3.67. The molecule has 1 aromatic carbocycles. The highest BCUT2D eigenvalue weighted by atomic mass is 32.1. The van der Waals surface area contributed by atoms with Crippen LogP contribution in [0.25, 0.3) is 15.9 Å². The zero-order valence-corrected chi connectivity index (χ0v) is 17.1. The lowest BCUT2D eigenvalue weighted by Crippen LogP contribution is -2.41. The number of hydrogen-bond acceptors (Lipinski definition) is 6. The highest BCUT2D eigenvalue weighted by Gasteiger charge is 2.25. The Balaban J connectivity index is 1.55. The van der Waals surface area contributed by atoms with E-state index in [0.29, 0.717) is 24.5 Å². The number of aromatic nitrogens is 4. The number of fused-ring (bicyclic) bond motifs is 4. The van der Waals surface area contributed by atoms with Gasteiger partial charge in [0.15, 0.2) is 5.65 Å². The largest absolute Gasteiger partial charge is 0.490 e. The zero-order chi connectivity index (χ0) is 20.3. The molecule has 1 aliphatic rings. The number of nitrogens with zero attached hydrogens (tertiary/aromatic N) is 5. The normalized spacial score (nSPS) is 13.7. The fraction of sp³-hybridized carbons (Fsp3) is 0.300. The summed E-state index contributed by atoms with van der Waals surface area (Å²) in [7, 11) is 0. The fourth-order valence-corrected chi connectivity index (χ4v) is 4.66. The van der Waals surface area contributed by atoms with Gasteiger partial charge in [-0.25, -0.2) is 18.9 Å². The molecule has 0 radical (unpaired) electrons. The molecule has 4 aromatic rings. The number of hydrogen-bond donors (Lipinski definition) is 0. The van der Waals surface area contributed by atoms with Crippen LogP contribution in [0.1, 0.15) is 16.0 Å². The predicted octanol–water partition coefficient (Wildman–Crippen LogP) is 2.46. The number of amides is 1. The first-order valence-corrected chi connectivity index (χ1v) is 10.1. The third kappa shape index (κ3) is 2.72. The number of rotatable bonds is 2. The van der Waals surface area contributed by atoms with Gasteiger partial charge in [-0.1, -0.05) is 6.07 Å². The maximum Gasteiger partial charge on any atom is 0.352 e. The molecular formula is C20H19N5O3S. The van der Waals surface area contributed by atoms with Crippen molar-refractivity contribution in [1.29, 1.82) is 0 Å². The third-order valence-corrected chi connectivity index (χ3v) is 6.43. The molecule has 4 heterocycles. The van der Waals surface area contributed by atoms with Gasteiger partial charge in [-0.05, 0) is 44.0 Å². The van der Waals surface area contributed by atoms with Crippen molar-refractivity contribution in [2.45, 2.75) is 27.3 Å². The van der Waals surface area contributed by atoms with Crippen LogP contribution in [0.5, 0.6) is 5.75 Å². The van der Waals surface area contributed by atoms with Crippen molar-refractivity contribution in [3.63, 3.8) is 0 Å². The molecule has 9 heteroatoms. The molecule has 1 aliphatic heterocycles. The third-order valence-electron chi connectivity index (χ3n) is 5.32. The molecule has 0 spiro atoms. The first-order valence-electron chi connectivity index (χ1n) is 9.31. The van der Waals surface area contributed by atoms with E-state index in [4.69, 9.17) is 4.74 Å². The summed E-state index contributed by atoms with van der Waals surface area (Å²) in [6.45, 7) is 6.70. The lowest BCUT2D eigenvalue weighted by atomic mass is 10.1. The molecule has 0 bridgehead atoms. The summed E-state index contributed by atoms with van der Waals surface area (Å²) in [5.41, 5.74) is 2.99. The van der Waals surface area contributed by atoms with Crippen LogP contribution in [-0.4, -0.2) is 38.2 Å². The van der Waals surface area contributed by atoms with Crippen LogP contribution < -0.4 is 15.3 Å². The molecule has 8 nitrogen and oxygen atoms in total. The second-order valence-electron chi connectivity index (χ2n) is 7.21. The molecule has 0 saturated heterocycles. The summed E-state index contributed by atoms with van der Waals surface area (Å²) in [5.74, 6) is 0.473. The van der Waals surface area contributed by atoms with Crippen LogP contribution in [0, 0.1) is 20.8 Å². The summed E-state index contributed by atoms with van der Waals surface area (Å²) in [6.07, 6.45) is 1.48. The summed E-state index contributed by atoms with van der Waals surface area (Å²) in [4.78, 5) is 33.9. The molecule has 0 fully saturated rings. The number of thiophene rings is 1. The predicted molar refractivity (Wildman–Crippen MR) is 111 cm³/mol. The molecule has 0 atom stereocenters. The summed E-state index contributed by atoms with van der Waals surface area (Å²) in [5, 5.41) is 5.34. The van der Waals surface area contributed by atoms with Crippen molar-refractivity contribution in [3.05, 3.63) is 51.0 Å². The molecule has 3 aromatic heterocycles. The maximum absolute atomic E-state index is 13.1. The second kappa shape index (κ2) is 6.41. The van der Waals surface area contributed by atoms with Gasteiger partial charge in [0.2, 0.25) is 5.91 Å². The van der Waals surface area contributed by atoms with Gasteiger partial charge in [-0.3, -0.25) is 4.79 Å². The van der Waals surface area contributed by atoms with Crippen molar-refractivity contribution in [2.24, 2.45) is 0 Å². The Morgan fingerprint density at radius 2 is 2.10 bits per heavy atom. The van der Waals surface area contributed by atoms with Gasteiger partial charge in [0.1, 0.15) is 30.1 Å². The van der Waals surface area contributed by atoms with E-state index in [0.717, 1.165) is 31.9 Å². The molecule has 5 rings (SSSR count). The van der Waals surface area contributed by atoms with E-state index in [1.165, 1.54) is 15.4 Å². The van der Waals surface area contributed by atoms with Crippen molar-refractivity contribution >= 4 is 38.8 Å². The van der Waals surface area contributed by atoms with Gasteiger partial charge < -0.3 is 9.64 Å². The van der Waals surface area contributed by atoms with E-state index in [1.807, 2.05) is 39.0 Å². The summed E-state index contributed by atoms with van der Waals surface area (Å²) < 4.78 is 8.28. The molecule has 148 valence electrons. The van der Waals surface area contributed by atoms with E-state index in [1.54, 1.807) is 16.2 Å². The molecule has 0 unspecified atom stereocenters. The Labute approximate surface area is 170 Å². The lowest BCUT2D eigenvalue weighted by molar-refractivity contribution is -0.119. The molecular weight excluding hydrogens is 390 g/mol. The standard InChI is InChI=1S/C20H19N5O3S/c1-11-4-5-15-14(8-11)23(6-7-28-15)16(26)9-25-20(27)24-10-21-19-17(18(24)22-25)12(2)13(3)29-19/h4-5,8,10H,6-7,9H2,1-3H3. The van der Waals surface area contributed by atoms with Crippen molar-refractivity contribution in [1.82, 2.24) is 19.2 Å². The van der Waals surface area contributed by atoms with Gasteiger partial charge >= 0.3 is 5.69 Å². The number of ether oxygens (including phenoxy) is 1. The minimum Gasteiger partial charge on any atom is -0.490 e. The Morgan fingerprint density at radius 1 is 1.28 bits per heavy atom. The molecule has 0 saturated carbocycles. The van der Waals surface area contributed by atoms with Gasteiger partial charge in [0.05, 0.1) is 17.6 Å². The average molecular weight is 409 g/mol. The monoisotopic (exact) mass is 409 g/mol. The minimum absolute atomic E-state index is 0.141. The number of anilines is 1. The smallest absolute Gasteiger partial charge is 0.352 e. The van der Waals surface area contributed by atoms with Crippen LogP contribution >= 0.6 is 11.3 Å². The molecule has 0 aliphatic carbocycles. The van der Waals surface area contributed by atoms with Crippen LogP contribution in [0.15, 0.2) is 29.3 Å². The van der Waals surface area contributed by atoms with Crippen LogP contribution in [0.3, 0.4) is 0 Å². The van der Waals surface area contributed by atoms with Crippen LogP contribution in [-0.2, 0) is 11.3 Å². The SMILES string of the molecule is Cc1ccc2c(c1)N(C(=O)Cn1nc3c4c(C)c(C)sc4ncn3c1=O)CCO2. The van der Waals surface area contributed by atoms with Gasteiger partial charge in [-0.2, -0.15) is 0 Å². The maximum atomic E-state index is 13.1. The van der Waals surface area contributed by atoms with Crippen LogP contribution in [0.2, 0.25) is 0 Å². The van der Waals surface area contributed by atoms with Crippen molar-refractivity contribution in [2.75, 3.05) is 18.1 Å². The van der Waals surface area contributed by atoms with Crippen molar-refractivity contribution in [3.8, 4) is 5.75 Å². The van der Waals surface area contributed by atoms with Crippen molar-refractivity contribution < 1.29 is 9.53 Å². The van der Waals surface area contributed by atoms with Gasteiger partial charge in [-0.15, -0.1) is 16.4 Å². The van der Waals surface area contributed by atoms with E-state index < -0.39 is 0 Å². The highest BCUT2D eigenvalue weighted by molar-refractivity contribution is 7.18. The number of carbonyl (C=O) groups is 1. The van der Waals surface area contributed by atoms with E-state index in [9.17, 15) is 9.59 Å². The second-order valence-corrected chi connectivity index (χ2v) is 8.41. The molecule has 29 heavy (non-hydrogen) atoms. The highest BCUT2D eigenvalue weighted by Crippen LogP contribution is 2.33. The van der Waals surface area contributed by atoms with Gasteiger partial charge in [0.25, 0.3) is 0 Å². The van der Waals surface area contributed by atoms with E-state index in [-0.39, 0.29) is 18.1 Å².